The predicted molar refractivity (Wildman–Crippen MR) is 149 cm³/mol. The van der Waals surface area contributed by atoms with Gasteiger partial charge in [0.1, 0.15) is 6.10 Å². The Kier molecular flexibility index (Phi) is 6.42. The van der Waals surface area contributed by atoms with E-state index in [1.165, 1.54) is 5.69 Å². The second-order valence-electron chi connectivity index (χ2n) is 10.5. The molecule has 9 nitrogen and oxygen atoms in total. The van der Waals surface area contributed by atoms with Crippen LogP contribution in [0.3, 0.4) is 0 Å². The minimum absolute atomic E-state index is 0.0204. The third-order valence-electron chi connectivity index (χ3n) is 7.99. The Balaban J connectivity index is 1.18. The maximum atomic E-state index is 13.1. The van der Waals surface area contributed by atoms with Crippen molar-refractivity contribution in [1.29, 1.82) is 0 Å². The fourth-order valence-electron chi connectivity index (χ4n) is 5.72. The first-order valence-electron chi connectivity index (χ1n) is 13.4. The Labute approximate surface area is 228 Å². The van der Waals surface area contributed by atoms with Crippen molar-refractivity contribution in [3.05, 3.63) is 90.0 Å². The minimum Gasteiger partial charge on any atom is -0.481 e. The predicted octanol–water partition coefficient (Wildman–Crippen LogP) is 4.88. The van der Waals surface area contributed by atoms with Crippen LogP contribution in [0.4, 0.5) is 10.6 Å². The molecule has 4 aromatic rings. The van der Waals surface area contributed by atoms with E-state index in [-0.39, 0.29) is 23.6 Å². The second kappa shape index (κ2) is 10.1. The number of carbonyl (C=O) groups is 1. The van der Waals surface area contributed by atoms with E-state index in [0.717, 1.165) is 48.4 Å². The number of nitrogen functional groups attached to an aromatic ring is 1. The molecule has 2 aliphatic rings. The minimum atomic E-state index is -0.277. The summed E-state index contributed by atoms with van der Waals surface area (Å²) in [7, 11) is 0. The molecule has 0 aliphatic carbocycles. The van der Waals surface area contributed by atoms with Crippen molar-refractivity contribution >= 4 is 11.8 Å². The summed E-state index contributed by atoms with van der Waals surface area (Å²) in [5.74, 6) is 0.830. The molecular weight excluding hydrogens is 490 g/mol. The van der Waals surface area contributed by atoms with Crippen LogP contribution in [-0.2, 0) is 12.0 Å². The summed E-state index contributed by atoms with van der Waals surface area (Å²) < 4.78 is 8.21. The van der Waals surface area contributed by atoms with Gasteiger partial charge >= 0.3 is 6.03 Å². The number of benzene rings is 1. The number of carbonyl (C=O) groups excluding carboxylic acids is 1. The largest absolute Gasteiger partial charge is 0.481 e. The van der Waals surface area contributed by atoms with Crippen molar-refractivity contribution < 1.29 is 9.53 Å². The lowest BCUT2D eigenvalue weighted by molar-refractivity contribution is 0.202. The van der Waals surface area contributed by atoms with E-state index in [1.807, 2.05) is 73.3 Å². The SMILES string of the molecule is C[C@@H](NC(=O)N1CCC2(CCn3nc(-c4cnc(N)c(O[C@H](C)c5ccccn5)c4)cc32)C1)c1ccccc1. The Morgan fingerprint density at radius 1 is 1.05 bits per heavy atom. The number of aromatic nitrogens is 4. The number of hydrogen-bond donors (Lipinski definition) is 2. The molecule has 5 heterocycles. The first kappa shape index (κ1) is 24.9. The van der Waals surface area contributed by atoms with E-state index in [9.17, 15) is 4.79 Å². The number of nitrogens with one attached hydrogen (secondary N) is 1. The zero-order valence-corrected chi connectivity index (χ0v) is 22.2. The lowest BCUT2D eigenvalue weighted by Crippen LogP contribution is -2.41. The number of nitrogens with zero attached hydrogens (tertiary/aromatic N) is 5. The lowest BCUT2D eigenvalue weighted by Gasteiger charge is -2.25. The normalized spacial score (nSPS) is 19.6. The van der Waals surface area contributed by atoms with Crippen molar-refractivity contribution in [2.24, 2.45) is 0 Å². The number of nitrogens with two attached hydrogens (primary N) is 1. The first-order valence-corrected chi connectivity index (χ1v) is 13.4. The molecule has 9 heteroatoms. The number of ether oxygens (including phenoxy) is 1. The van der Waals surface area contributed by atoms with Crippen LogP contribution in [0.1, 0.15) is 55.8 Å². The highest BCUT2D eigenvalue weighted by molar-refractivity contribution is 5.75. The summed E-state index contributed by atoms with van der Waals surface area (Å²) in [4.78, 5) is 23.8. The number of urea groups is 1. The molecule has 1 unspecified atom stereocenters. The number of fused-ring (bicyclic) bond motifs is 2. The van der Waals surface area contributed by atoms with Gasteiger partial charge in [-0.15, -0.1) is 0 Å². The van der Waals surface area contributed by atoms with E-state index in [4.69, 9.17) is 15.6 Å². The van der Waals surface area contributed by atoms with E-state index in [1.54, 1.807) is 12.4 Å². The Hall–Kier alpha value is -4.40. The number of likely N-dealkylation sites (tertiary alicyclic amines) is 1. The van der Waals surface area contributed by atoms with Crippen LogP contribution in [-0.4, -0.2) is 43.8 Å². The smallest absolute Gasteiger partial charge is 0.317 e. The van der Waals surface area contributed by atoms with Crippen LogP contribution in [0.25, 0.3) is 11.3 Å². The first-order chi connectivity index (χ1) is 18.9. The highest BCUT2D eigenvalue weighted by atomic mass is 16.5. The summed E-state index contributed by atoms with van der Waals surface area (Å²) in [6, 6.07) is 19.7. The van der Waals surface area contributed by atoms with Crippen LogP contribution in [0.2, 0.25) is 0 Å². The number of rotatable bonds is 6. The van der Waals surface area contributed by atoms with Crippen molar-refractivity contribution in [2.45, 2.75) is 50.8 Å². The second-order valence-corrected chi connectivity index (χ2v) is 10.5. The van der Waals surface area contributed by atoms with E-state index in [2.05, 4.69) is 26.0 Å². The molecule has 3 N–H and O–H groups in total. The molecule has 2 aliphatic heterocycles. The molecule has 1 spiro atoms. The third-order valence-corrected chi connectivity index (χ3v) is 7.99. The lowest BCUT2D eigenvalue weighted by atomic mass is 9.82. The van der Waals surface area contributed by atoms with Gasteiger partial charge in [0.05, 0.1) is 17.4 Å². The maximum Gasteiger partial charge on any atom is 0.317 e. The van der Waals surface area contributed by atoms with Crippen molar-refractivity contribution in [3.8, 4) is 17.0 Å². The molecule has 3 aromatic heterocycles. The molecule has 3 atom stereocenters. The summed E-state index contributed by atoms with van der Waals surface area (Å²) >= 11 is 0. The topological polar surface area (TPSA) is 111 Å². The Morgan fingerprint density at radius 3 is 2.64 bits per heavy atom. The molecule has 0 saturated carbocycles. The van der Waals surface area contributed by atoms with Gasteiger partial charge in [-0.3, -0.25) is 9.67 Å². The highest BCUT2D eigenvalue weighted by Crippen LogP contribution is 2.44. The van der Waals surface area contributed by atoms with Crippen LogP contribution in [0, 0.1) is 0 Å². The van der Waals surface area contributed by atoms with Crippen LogP contribution in [0.15, 0.2) is 73.1 Å². The van der Waals surface area contributed by atoms with E-state index >= 15 is 0 Å². The number of amides is 2. The van der Waals surface area contributed by atoms with Gasteiger partial charge in [0.15, 0.2) is 11.6 Å². The monoisotopic (exact) mass is 523 g/mol. The van der Waals surface area contributed by atoms with Crippen molar-refractivity contribution in [1.82, 2.24) is 30.0 Å². The van der Waals surface area contributed by atoms with Gasteiger partial charge in [-0.1, -0.05) is 36.4 Å². The third kappa shape index (κ3) is 4.80. The molecule has 1 aromatic carbocycles. The quantitative estimate of drug-likeness (QED) is 0.373. The summed E-state index contributed by atoms with van der Waals surface area (Å²) in [6.45, 7) is 6.19. The molecule has 0 radical (unpaired) electrons. The molecule has 200 valence electrons. The number of pyridine rings is 2. The fourth-order valence-corrected chi connectivity index (χ4v) is 5.72. The number of anilines is 1. The van der Waals surface area contributed by atoms with Gasteiger partial charge in [0.25, 0.3) is 0 Å². The summed E-state index contributed by atoms with van der Waals surface area (Å²) in [5.41, 5.74) is 10.8. The highest BCUT2D eigenvalue weighted by Gasteiger charge is 2.47. The van der Waals surface area contributed by atoms with Crippen molar-refractivity contribution in [3.63, 3.8) is 0 Å². The van der Waals surface area contributed by atoms with Gasteiger partial charge < -0.3 is 20.7 Å². The average molecular weight is 524 g/mol. The average Bonchev–Trinajstić information content (AvgIpc) is 3.67. The van der Waals surface area contributed by atoms with Crippen LogP contribution in [0.5, 0.6) is 5.75 Å². The van der Waals surface area contributed by atoms with E-state index < -0.39 is 0 Å². The zero-order chi connectivity index (χ0) is 27.0. The van der Waals surface area contributed by atoms with E-state index in [0.29, 0.717) is 18.1 Å². The number of hydrogen-bond acceptors (Lipinski definition) is 6. The molecular formula is C30H33N7O2. The summed E-state index contributed by atoms with van der Waals surface area (Å²) in [6.07, 6.45) is 5.09. The molecule has 0 bridgehead atoms. The standard InChI is InChI=1S/C30H33N7O2/c1-20(22-8-4-3-5-9-22)34-29(38)36-14-11-30(19-36)12-15-37-27(30)17-25(35-37)23-16-26(28(31)33-18-23)39-21(2)24-10-6-7-13-32-24/h3-10,13,16-18,20-21H,11-12,14-15,19H2,1-2H3,(H2,31,33)(H,34,38)/t20-,21-,30?/m1/s1. The van der Waals surface area contributed by atoms with Gasteiger partial charge in [-0.2, -0.15) is 5.10 Å². The van der Waals surface area contributed by atoms with Crippen molar-refractivity contribution in [2.75, 3.05) is 18.8 Å². The summed E-state index contributed by atoms with van der Waals surface area (Å²) in [5, 5.41) is 8.06. The fraction of sp³-hybridized carbons (Fsp3) is 0.333. The molecule has 1 fully saturated rings. The van der Waals surface area contributed by atoms with Gasteiger partial charge in [-0.25, -0.2) is 9.78 Å². The van der Waals surface area contributed by atoms with Gasteiger partial charge in [-0.05, 0) is 56.5 Å². The maximum absolute atomic E-state index is 13.1. The Morgan fingerprint density at radius 2 is 1.85 bits per heavy atom. The molecule has 39 heavy (non-hydrogen) atoms. The zero-order valence-electron chi connectivity index (χ0n) is 22.2. The molecule has 6 rings (SSSR count). The number of aryl methyl sites for hydroxylation is 1. The van der Waals surface area contributed by atoms with Gasteiger partial charge in [0.2, 0.25) is 0 Å². The molecule has 1 saturated heterocycles. The van der Waals surface area contributed by atoms with Crippen LogP contribution < -0.4 is 15.8 Å². The van der Waals surface area contributed by atoms with Gasteiger partial charge in [0, 0.05) is 48.7 Å². The Bertz CT molecular complexity index is 1470. The molecule has 2 amide bonds. The van der Waals surface area contributed by atoms with Crippen LogP contribution >= 0.6 is 0 Å².